The minimum Gasteiger partial charge on any atom is -0.370 e. The highest BCUT2D eigenvalue weighted by atomic mass is 32.1. The fourth-order valence-corrected chi connectivity index (χ4v) is 4.32. The van der Waals surface area contributed by atoms with Crippen molar-refractivity contribution in [1.29, 1.82) is 0 Å². The van der Waals surface area contributed by atoms with Gasteiger partial charge in [-0.25, -0.2) is 0 Å². The van der Waals surface area contributed by atoms with Crippen LogP contribution in [0.5, 0.6) is 0 Å². The van der Waals surface area contributed by atoms with E-state index in [4.69, 9.17) is 17.0 Å². The number of morpholine rings is 1. The Morgan fingerprint density at radius 2 is 2.07 bits per heavy atom. The summed E-state index contributed by atoms with van der Waals surface area (Å²) in [6.07, 6.45) is 1.13. The van der Waals surface area contributed by atoms with Crippen LogP contribution in [0.15, 0.2) is 35.7 Å². The summed E-state index contributed by atoms with van der Waals surface area (Å²) in [5.74, 6) is 0. The summed E-state index contributed by atoms with van der Waals surface area (Å²) in [5.41, 5.74) is 3.57. The van der Waals surface area contributed by atoms with Crippen LogP contribution in [0.25, 0.3) is 0 Å². The van der Waals surface area contributed by atoms with Crippen molar-refractivity contribution in [3.8, 4) is 0 Å². The quantitative estimate of drug-likeness (QED) is 0.695. The third-order valence-electron chi connectivity index (χ3n) is 5.01. The molecular formula is C21H30N3OS2+. The highest BCUT2D eigenvalue weighted by Gasteiger charge is 2.16. The number of hydrogen-bond acceptors (Lipinski definition) is 3. The Balaban J connectivity index is 1.61. The molecule has 0 unspecified atom stereocenters. The van der Waals surface area contributed by atoms with Crippen molar-refractivity contribution in [2.24, 2.45) is 0 Å². The molecule has 0 atom stereocenters. The number of aryl methyl sites for hydroxylation is 2. The van der Waals surface area contributed by atoms with E-state index < -0.39 is 0 Å². The zero-order valence-corrected chi connectivity index (χ0v) is 17.9. The molecule has 1 aromatic heterocycles. The van der Waals surface area contributed by atoms with Gasteiger partial charge in [-0.15, -0.1) is 11.3 Å². The molecule has 0 saturated carbocycles. The summed E-state index contributed by atoms with van der Waals surface area (Å²) < 4.78 is 5.46. The molecule has 0 amide bonds. The van der Waals surface area contributed by atoms with Gasteiger partial charge in [-0.2, -0.15) is 0 Å². The summed E-state index contributed by atoms with van der Waals surface area (Å²) in [6, 6.07) is 10.7. The van der Waals surface area contributed by atoms with Crippen LogP contribution in [0.4, 0.5) is 5.69 Å². The van der Waals surface area contributed by atoms with E-state index in [9.17, 15) is 0 Å². The van der Waals surface area contributed by atoms with Gasteiger partial charge in [0.1, 0.15) is 13.1 Å². The average Bonchev–Trinajstić information content (AvgIpc) is 3.18. The zero-order chi connectivity index (χ0) is 19.1. The lowest BCUT2D eigenvalue weighted by atomic mass is 10.1. The van der Waals surface area contributed by atoms with Gasteiger partial charge in [0.15, 0.2) is 5.11 Å². The second-order valence-electron chi connectivity index (χ2n) is 7.22. The van der Waals surface area contributed by atoms with Crippen LogP contribution in [0.2, 0.25) is 0 Å². The predicted octanol–water partition coefficient (Wildman–Crippen LogP) is 2.87. The number of anilines is 1. The molecule has 1 aliphatic heterocycles. The van der Waals surface area contributed by atoms with Crippen molar-refractivity contribution in [3.05, 3.63) is 51.7 Å². The van der Waals surface area contributed by atoms with E-state index in [1.54, 1.807) is 16.2 Å². The Hall–Kier alpha value is -1.47. The summed E-state index contributed by atoms with van der Waals surface area (Å²) >= 11 is 7.59. The van der Waals surface area contributed by atoms with E-state index in [1.807, 2.05) is 0 Å². The van der Waals surface area contributed by atoms with Crippen molar-refractivity contribution < 1.29 is 9.64 Å². The maximum Gasteiger partial charge on any atom is 0.173 e. The van der Waals surface area contributed by atoms with E-state index in [0.29, 0.717) is 0 Å². The van der Waals surface area contributed by atoms with Crippen molar-refractivity contribution in [3.63, 3.8) is 0 Å². The maximum atomic E-state index is 5.80. The van der Waals surface area contributed by atoms with Gasteiger partial charge in [0.25, 0.3) is 0 Å². The third kappa shape index (κ3) is 6.28. The van der Waals surface area contributed by atoms with E-state index in [1.165, 1.54) is 22.5 Å². The smallest absolute Gasteiger partial charge is 0.173 e. The molecule has 1 fully saturated rings. The molecule has 1 aromatic carbocycles. The Morgan fingerprint density at radius 1 is 1.26 bits per heavy atom. The summed E-state index contributed by atoms with van der Waals surface area (Å²) in [6.45, 7) is 11.3. The van der Waals surface area contributed by atoms with Crippen LogP contribution in [0, 0.1) is 13.8 Å². The number of thiocarbonyl (C=S) groups is 1. The highest BCUT2D eigenvalue weighted by Crippen LogP contribution is 2.18. The molecule has 2 N–H and O–H groups in total. The van der Waals surface area contributed by atoms with Crippen LogP contribution >= 0.6 is 23.6 Å². The summed E-state index contributed by atoms with van der Waals surface area (Å²) in [7, 11) is 0. The Kier molecular flexibility index (Phi) is 7.64. The Morgan fingerprint density at radius 3 is 2.81 bits per heavy atom. The number of nitrogens with zero attached hydrogens (tertiary/aromatic N) is 1. The van der Waals surface area contributed by atoms with Crippen LogP contribution in [-0.2, 0) is 11.3 Å². The van der Waals surface area contributed by atoms with Gasteiger partial charge >= 0.3 is 0 Å². The van der Waals surface area contributed by atoms with Gasteiger partial charge in [0.2, 0.25) is 0 Å². The monoisotopic (exact) mass is 404 g/mol. The van der Waals surface area contributed by atoms with Gasteiger partial charge in [0, 0.05) is 23.5 Å². The average molecular weight is 405 g/mol. The fraction of sp³-hybridized carbons (Fsp3) is 0.476. The highest BCUT2D eigenvalue weighted by molar-refractivity contribution is 7.80. The first-order valence-electron chi connectivity index (χ1n) is 9.68. The predicted molar refractivity (Wildman–Crippen MR) is 118 cm³/mol. The lowest BCUT2D eigenvalue weighted by Crippen LogP contribution is -3.14. The van der Waals surface area contributed by atoms with Gasteiger partial charge in [-0.05, 0) is 54.7 Å². The van der Waals surface area contributed by atoms with Gasteiger partial charge in [-0.3, -0.25) is 0 Å². The molecule has 0 aliphatic carbocycles. The Bertz CT molecular complexity index is 727. The molecule has 146 valence electrons. The number of nitrogens with one attached hydrogen (secondary N) is 2. The SMILES string of the molecule is Cc1ccc(C)c(NC(=S)N(CCC[NH+]2CCOCC2)Cc2cccs2)c1. The molecule has 2 heterocycles. The number of quaternary nitrogens is 1. The number of benzene rings is 1. The molecule has 0 radical (unpaired) electrons. The molecule has 0 spiro atoms. The van der Waals surface area contributed by atoms with Crippen LogP contribution in [0.3, 0.4) is 0 Å². The first kappa shape index (κ1) is 20.3. The van der Waals surface area contributed by atoms with Gasteiger partial charge < -0.3 is 19.9 Å². The first-order chi connectivity index (χ1) is 13.1. The third-order valence-corrected chi connectivity index (χ3v) is 6.23. The topological polar surface area (TPSA) is 28.9 Å². The van der Waals surface area contributed by atoms with Crippen molar-refractivity contribution in [2.75, 3.05) is 44.7 Å². The van der Waals surface area contributed by atoms with Gasteiger partial charge in [-0.1, -0.05) is 18.2 Å². The van der Waals surface area contributed by atoms with Crippen LogP contribution in [0.1, 0.15) is 22.4 Å². The molecule has 6 heteroatoms. The van der Waals surface area contributed by atoms with E-state index in [2.05, 4.69) is 59.8 Å². The summed E-state index contributed by atoms with van der Waals surface area (Å²) in [5, 5.41) is 6.43. The van der Waals surface area contributed by atoms with Crippen LogP contribution < -0.4 is 10.2 Å². The zero-order valence-electron chi connectivity index (χ0n) is 16.3. The number of thiophene rings is 1. The summed E-state index contributed by atoms with van der Waals surface area (Å²) in [4.78, 5) is 5.30. The molecule has 1 saturated heterocycles. The molecule has 0 bridgehead atoms. The largest absolute Gasteiger partial charge is 0.370 e. The fourth-order valence-electron chi connectivity index (χ4n) is 3.34. The Labute approximate surface area is 172 Å². The molecule has 2 aromatic rings. The minimum absolute atomic E-state index is 0.814. The van der Waals surface area contributed by atoms with Crippen LogP contribution in [-0.4, -0.2) is 49.4 Å². The second-order valence-corrected chi connectivity index (χ2v) is 8.63. The number of rotatable bonds is 7. The van der Waals surface area contributed by atoms with Crippen molar-refractivity contribution >= 4 is 34.4 Å². The normalized spacial score (nSPS) is 14.9. The second kappa shape index (κ2) is 10.2. The standard InChI is InChI=1S/C21H29N3OS2/c1-17-6-7-18(2)20(15-17)22-21(26)24(16-19-5-3-14-27-19)9-4-8-23-10-12-25-13-11-23/h3,5-7,14-15H,4,8-13,16H2,1-2H3,(H,22,26)/p+1. The maximum absolute atomic E-state index is 5.80. The molecule has 1 aliphatic rings. The van der Waals surface area contributed by atoms with E-state index in [0.717, 1.165) is 56.6 Å². The lowest BCUT2D eigenvalue weighted by Gasteiger charge is -2.28. The first-order valence-corrected chi connectivity index (χ1v) is 11.0. The van der Waals surface area contributed by atoms with Gasteiger partial charge in [0.05, 0.1) is 26.3 Å². The molecular weight excluding hydrogens is 374 g/mol. The van der Waals surface area contributed by atoms with Crippen molar-refractivity contribution in [1.82, 2.24) is 4.90 Å². The van der Waals surface area contributed by atoms with E-state index >= 15 is 0 Å². The van der Waals surface area contributed by atoms with Crippen molar-refractivity contribution in [2.45, 2.75) is 26.8 Å². The molecule has 3 rings (SSSR count). The molecule has 4 nitrogen and oxygen atoms in total. The minimum atomic E-state index is 0.814. The number of hydrogen-bond donors (Lipinski definition) is 2. The lowest BCUT2D eigenvalue weighted by molar-refractivity contribution is -0.908. The molecule has 27 heavy (non-hydrogen) atoms. The van der Waals surface area contributed by atoms with E-state index in [-0.39, 0.29) is 0 Å². The number of ether oxygens (including phenoxy) is 1.